The van der Waals surface area contributed by atoms with Crippen molar-refractivity contribution in [2.24, 2.45) is 0 Å². The SMILES string of the molecule is CCOC(C)=O.OCCC(Cl)(Cl)Cl. The molecule has 0 aromatic carbocycles. The van der Waals surface area contributed by atoms with Gasteiger partial charge in [0.15, 0.2) is 3.79 Å². The van der Waals surface area contributed by atoms with E-state index in [1.54, 1.807) is 6.92 Å². The van der Waals surface area contributed by atoms with Gasteiger partial charge in [-0.1, -0.05) is 34.8 Å². The summed E-state index contributed by atoms with van der Waals surface area (Å²) in [6, 6.07) is 0. The third kappa shape index (κ3) is 24.5. The quantitative estimate of drug-likeness (QED) is 0.605. The van der Waals surface area contributed by atoms with E-state index in [0.717, 1.165) is 0 Å². The number of hydrogen-bond donors (Lipinski definition) is 1. The molecule has 0 radical (unpaired) electrons. The molecule has 6 heteroatoms. The van der Waals surface area contributed by atoms with Gasteiger partial charge in [-0.15, -0.1) is 0 Å². The van der Waals surface area contributed by atoms with Crippen LogP contribution >= 0.6 is 34.8 Å². The van der Waals surface area contributed by atoms with Crippen molar-refractivity contribution in [3.8, 4) is 0 Å². The molecule has 3 nitrogen and oxygen atoms in total. The minimum Gasteiger partial charge on any atom is -0.466 e. The maximum absolute atomic E-state index is 9.82. The van der Waals surface area contributed by atoms with Gasteiger partial charge in [0, 0.05) is 20.0 Å². The zero-order valence-corrected chi connectivity index (χ0v) is 9.79. The molecule has 0 aliphatic rings. The summed E-state index contributed by atoms with van der Waals surface area (Å²) in [4.78, 5) is 9.82. The van der Waals surface area contributed by atoms with E-state index in [1.807, 2.05) is 0 Å². The molecule has 0 saturated carbocycles. The standard InChI is InChI=1S/C4H8O2.C3H5Cl3O/c1-3-6-4(2)5;4-3(5,6)1-2-7/h3H2,1-2H3;7H,1-2H2. The normalized spacial score (nSPS) is 10.0. The number of carbonyl (C=O) groups is 1. The van der Waals surface area contributed by atoms with E-state index < -0.39 is 3.79 Å². The highest BCUT2D eigenvalue weighted by atomic mass is 35.6. The predicted molar refractivity (Wildman–Crippen MR) is 54.3 cm³/mol. The van der Waals surface area contributed by atoms with Crippen LogP contribution in [0.2, 0.25) is 0 Å². The van der Waals surface area contributed by atoms with E-state index in [0.29, 0.717) is 6.61 Å². The second-order valence-electron chi connectivity index (χ2n) is 2.01. The number of aliphatic hydroxyl groups excluding tert-OH is 1. The zero-order valence-electron chi connectivity index (χ0n) is 7.52. The molecule has 0 bridgehead atoms. The average Bonchev–Trinajstić information content (AvgIpc) is 1.84. The molecular weight excluding hydrogens is 238 g/mol. The first kappa shape index (κ1) is 15.8. The van der Waals surface area contributed by atoms with Crippen LogP contribution in [0.5, 0.6) is 0 Å². The Bertz CT molecular complexity index is 133. The van der Waals surface area contributed by atoms with Gasteiger partial charge < -0.3 is 9.84 Å². The molecule has 0 rings (SSSR count). The number of alkyl halides is 3. The van der Waals surface area contributed by atoms with E-state index in [-0.39, 0.29) is 19.0 Å². The van der Waals surface area contributed by atoms with E-state index in [1.165, 1.54) is 6.92 Å². The van der Waals surface area contributed by atoms with E-state index >= 15 is 0 Å². The summed E-state index contributed by atoms with van der Waals surface area (Å²) < 4.78 is 3.12. The van der Waals surface area contributed by atoms with Crippen LogP contribution in [0, 0.1) is 0 Å². The third-order valence-electron chi connectivity index (χ3n) is 0.743. The summed E-state index contributed by atoms with van der Waals surface area (Å²) in [6.45, 7) is 3.57. The second-order valence-corrected chi connectivity index (χ2v) is 4.53. The number of rotatable bonds is 2. The molecule has 0 amide bonds. The van der Waals surface area contributed by atoms with Crippen LogP contribution in [0.3, 0.4) is 0 Å². The zero-order chi connectivity index (χ0) is 10.9. The molecule has 1 N–H and O–H groups in total. The molecule has 0 saturated heterocycles. The lowest BCUT2D eigenvalue weighted by Crippen LogP contribution is -2.03. The van der Waals surface area contributed by atoms with Crippen molar-refractivity contribution >= 4 is 40.8 Å². The first-order valence-electron chi connectivity index (χ1n) is 3.64. The van der Waals surface area contributed by atoms with Crippen molar-refractivity contribution in [2.75, 3.05) is 13.2 Å². The largest absolute Gasteiger partial charge is 0.466 e. The van der Waals surface area contributed by atoms with Gasteiger partial charge in [-0.3, -0.25) is 4.79 Å². The first-order valence-corrected chi connectivity index (χ1v) is 4.77. The maximum atomic E-state index is 9.82. The monoisotopic (exact) mass is 250 g/mol. The van der Waals surface area contributed by atoms with Gasteiger partial charge in [-0.25, -0.2) is 0 Å². The summed E-state index contributed by atoms with van der Waals surface area (Å²) in [5.74, 6) is -0.211. The van der Waals surface area contributed by atoms with Gasteiger partial charge in [-0.2, -0.15) is 0 Å². The summed E-state index contributed by atoms with van der Waals surface area (Å²) in [5.41, 5.74) is 0. The topological polar surface area (TPSA) is 46.5 Å². The molecule has 0 spiro atoms. The fourth-order valence-corrected chi connectivity index (χ4v) is 0.584. The molecule has 0 atom stereocenters. The van der Waals surface area contributed by atoms with Crippen molar-refractivity contribution < 1.29 is 14.6 Å². The highest BCUT2D eigenvalue weighted by Gasteiger charge is 2.17. The number of ether oxygens (including phenoxy) is 1. The van der Waals surface area contributed by atoms with Crippen LogP contribution in [0.1, 0.15) is 20.3 Å². The lowest BCUT2D eigenvalue weighted by molar-refractivity contribution is -0.140. The highest BCUT2D eigenvalue weighted by molar-refractivity contribution is 6.67. The molecule has 0 fully saturated rings. The van der Waals surface area contributed by atoms with Crippen LogP contribution in [-0.2, 0) is 9.53 Å². The highest BCUT2D eigenvalue weighted by Crippen LogP contribution is 2.28. The lowest BCUT2D eigenvalue weighted by Gasteiger charge is -2.05. The van der Waals surface area contributed by atoms with Crippen LogP contribution in [0.4, 0.5) is 0 Å². The molecule has 0 aromatic heterocycles. The van der Waals surface area contributed by atoms with E-state index in [4.69, 9.17) is 39.9 Å². The molecule has 0 heterocycles. The number of halogens is 3. The predicted octanol–water partition coefficient (Wildman–Crippen LogP) is 2.31. The molecule has 80 valence electrons. The Morgan fingerprint density at radius 2 is 1.92 bits per heavy atom. The maximum Gasteiger partial charge on any atom is 0.302 e. The molecule has 0 aliphatic carbocycles. The second kappa shape index (κ2) is 8.88. The van der Waals surface area contributed by atoms with Gasteiger partial charge >= 0.3 is 5.97 Å². The minimum atomic E-state index is -1.28. The third-order valence-corrected chi connectivity index (χ3v) is 1.31. The van der Waals surface area contributed by atoms with Gasteiger partial charge in [0.1, 0.15) is 0 Å². The number of esters is 1. The van der Waals surface area contributed by atoms with Gasteiger partial charge in [0.25, 0.3) is 0 Å². The first-order chi connectivity index (χ1) is 5.83. The van der Waals surface area contributed by atoms with Crippen LogP contribution < -0.4 is 0 Å². The Morgan fingerprint density at radius 3 is 1.92 bits per heavy atom. The minimum absolute atomic E-state index is 0.0868. The number of carbonyl (C=O) groups excluding carboxylic acids is 1. The van der Waals surface area contributed by atoms with Crippen molar-refractivity contribution in [2.45, 2.75) is 24.1 Å². The molecule has 13 heavy (non-hydrogen) atoms. The molecule has 0 aliphatic heterocycles. The van der Waals surface area contributed by atoms with Gasteiger partial charge in [-0.05, 0) is 6.92 Å². The van der Waals surface area contributed by atoms with Crippen LogP contribution in [0.25, 0.3) is 0 Å². The number of aliphatic hydroxyl groups is 1. The molecule has 0 unspecified atom stereocenters. The smallest absolute Gasteiger partial charge is 0.302 e. The van der Waals surface area contributed by atoms with Crippen molar-refractivity contribution in [3.63, 3.8) is 0 Å². The fraction of sp³-hybridized carbons (Fsp3) is 0.857. The fourth-order valence-electron chi connectivity index (χ4n) is 0.330. The lowest BCUT2D eigenvalue weighted by atomic mass is 10.5. The summed E-state index contributed by atoms with van der Waals surface area (Å²) in [7, 11) is 0. The van der Waals surface area contributed by atoms with Crippen LogP contribution in [-0.4, -0.2) is 28.1 Å². The van der Waals surface area contributed by atoms with Crippen molar-refractivity contribution in [3.05, 3.63) is 0 Å². The van der Waals surface area contributed by atoms with Gasteiger partial charge in [0.05, 0.1) is 6.61 Å². The average molecular weight is 252 g/mol. The molecule has 0 aromatic rings. The Labute approximate surface area is 92.9 Å². The molecular formula is C7H13Cl3O3. The Hall–Kier alpha value is 0.300. The Kier molecular flexibility index (Phi) is 10.8. The van der Waals surface area contributed by atoms with Gasteiger partial charge in [0.2, 0.25) is 0 Å². The van der Waals surface area contributed by atoms with Crippen molar-refractivity contribution in [1.29, 1.82) is 0 Å². The number of hydrogen-bond acceptors (Lipinski definition) is 3. The summed E-state index contributed by atoms with van der Waals surface area (Å²) >= 11 is 15.6. The Morgan fingerprint density at radius 1 is 1.46 bits per heavy atom. The summed E-state index contributed by atoms with van der Waals surface area (Å²) in [6.07, 6.45) is 0.192. The summed E-state index contributed by atoms with van der Waals surface area (Å²) in [5, 5.41) is 8.15. The van der Waals surface area contributed by atoms with E-state index in [2.05, 4.69) is 4.74 Å². The van der Waals surface area contributed by atoms with Crippen LogP contribution in [0.15, 0.2) is 0 Å². The van der Waals surface area contributed by atoms with E-state index in [9.17, 15) is 4.79 Å². The Balaban J connectivity index is 0. The van der Waals surface area contributed by atoms with Crippen molar-refractivity contribution in [1.82, 2.24) is 0 Å².